The molecule has 0 fully saturated rings. The van der Waals surface area contributed by atoms with Crippen molar-refractivity contribution >= 4 is 221 Å². The Morgan fingerprint density at radius 1 is 0.177 bits per heavy atom. The van der Waals surface area contributed by atoms with E-state index in [9.17, 15) is 0 Å². The normalized spacial score (nSPS) is 12.2. The second kappa shape index (κ2) is 29.6. The van der Waals surface area contributed by atoms with Crippen LogP contribution in [0.3, 0.4) is 0 Å². The first-order chi connectivity index (χ1) is 64.5. The fourth-order valence-electron chi connectivity index (χ4n) is 20.4. The highest BCUT2D eigenvalue weighted by Gasteiger charge is 2.28. The maximum Gasteiger partial charge on any atom is 0.151 e. The summed E-state index contributed by atoms with van der Waals surface area (Å²) in [4.78, 5) is 2.30. The van der Waals surface area contributed by atoms with Crippen LogP contribution in [0.25, 0.3) is 237 Å². The highest BCUT2D eigenvalue weighted by atomic mass is 32.1. The second-order valence-corrected chi connectivity index (χ2v) is 36.6. The first-order valence-electron chi connectivity index (χ1n) is 43.9. The number of nitrogens with zero attached hydrogens (tertiary/aromatic N) is 3. The van der Waals surface area contributed by atoms with Gasteiger partial charge in [0.25, 0.3) is 0 Å². The van der Waals surface area contributed by atoms with E-state index < -0.39 is 0 Å². The Kier molecular flexibility index (Phi) is 16.9. The largest absolute Gasteiger partial charge is 0.456 e. The summed E-state index contributed by atoms with van der Waals surface area (Å²) in [6.07, 6.45) is 0. The number of anilines is 3. The lowest BCUT2D eigenvalue weighted by Gasteiger charge is -2.33. The van der Waals surface area contributed by atoms with Crippen LogP contribution >= 0.6 is 34.0 Å². The molecule has 0 atom stereocenters. The summed E-state index contributed by atoms with van der Waals surface area (Å²) < 4.78 is 37.4. The van der Waals surface area contributed by atoms with Gasteiger partial charge in [0.1, 0.15) is 33.5 Å². The fourth-order valence-corrected chi connectivity index (χ4v) is 24.5. The zero-order valence-electron chi connectivity index (χ0n) is 69.7. The van der Waals surface area contributed by atoms with E-state index in [0.29, 0.717) is 0 Å². The molecule has 0 bridgehead atoms. The molecule has 1 aliphatic rings. The fraction of sp³-hybridized carbons (Fsp3) is 0. The molecule has 0 spiro atoms. The number of hydrogen-bond donors (Lipinski definition) is 0. The SMILES string of the molecule is c1cc(-c2cccc3c2sc2c3ccc3oc4ccccc4c32)cc(N2c3ccccc3Oc3ccccc32)c1.c1ccc(-c2ccc3c(c2)c2cc(-c4ccccc4)ccc2n3-c2ccc(-c3cccc4c3sc3c4ccc4oc5ccccc5c43)cc2)cc1.c1ccc2c(c1)oc1ccc3c4cccc(-c5ccc(-n6c7ccccc7c7ccccc76)cc5)c4sc3c12. The number of rotatable bonds is 8. The van der Waals surface area contributed by atoms with Gasteiger partial charge in [-0.2, -0.15) is 0 Å². The molecule has 9 heterocycles. The number of fused-ring (bicyclic) bond motifs is 29. The molecule has 608 valence electrons. The quantitative estimate of drug-likeness (QED) is 0.152. The van der Waals surface area contributed by atoms with Crippen LogP contribution in [0.5, 0.6) is 11.5 Å². The predicted octanol–water partition coefficient (Wildman–Crippen LogP) is 36.0. The van der Waals surface area contributed by atoms with Gasteiger partial charge in [-0.05, 0) is 207 Å². The molecule has 0 amide bonds. The molecule has 0 N–H and O–H groups in total. The summed E-state index contributed by atoms with van der Waals surface area (Å²) in [6.45, 7) is 0. The highest BCUT2D eigenvalue weighted by Crippen LogP contribution is 2.54. The van der Waals surface area contributed by atoms with Gasteiger partial charge in [-0.25, -0.2) is 0 Å². The molecule has 8 aromatic heterocycles. The number of ether oxygens (including phenoxy) is 1. The number of thiophene rings is 3. The topological polar surface area (TPSA) is 61.8 Å². The van der Waals surface area contributed by atoms with Gasteiger partial charge in [-0.15, -0.1) is 34.0 Å². The van der Waals surface area contributed by atoms with Crippen molar-refractivity contribution in [3.8, 4) is 78.5 Å². The lowest BCUT2D eigenvalue weighted by Crippen LogP contribution is -2.15. The standard InChI is InChI=1S/C48H29NOS.C36H21NO2S.C36H21NOS/c1-3-10-30(11-4-1)33-20-25-42-40(28-33)41-29-34(31-12-5-2-6-13-31)21-26-43(41)49(42)35-22-18-32(19-23-35)36-15-9-16-37-38-24-27-45-46(48(38)51-47(36)37)39-14-7-8-17-44(39)50-45;1-4-16-30-27(11-1)34-33(38-30)20-19-26-25-13-8-12-24(35(25)40-36(26)34)22-9-7-10-23(21-22)37-28-14-2-5-17-31(28)39-32-18-6-3-15-29(32)37;1-4-13-30-25(8-1)26-9-2-5-14-31(26)37(30)23-18-16-22(17-19-23)24-11-7-12-27-28-20-21-33-34(36(28)39-35(24)27)29-10-3-6-15-32(29)38-33/h1-29H;1-21H;1-21H. The molecule has 130 heavy (non-hydrogen) atoms. The van der Waals surface area contributed by atoms with E-state index in [1.165, 1.54) is 198 Å². The minimum absolute atomic E-state index is 0.856. The van der Waals surface area contributed by atoms with E-state index in [1.807, 2.05) is 82.5 Å². The lowest BCUT2D eigenvalue weighted by molar-refractivity contribution is 0.477. The van der Waals surface area contributed by atoms with Crippen LogP contribution in [0.15, 0.2) is 444 Å². The summed E-state index contributed by atoms with van der Waals surface area (Å²) in [5, 5.41) is 19.9. The van der Waals surface area contributed by atoms with Gasteiger partial charge in [0.2, 0.25) is 0 Å². The molecule has 10 heteroatoms. The minimum atomic E-state index is 0.856. The Morgan fingerprint density at radius 3 is 0.923 bits per heavy atom. The van der Waals surface area contributed by atoms with Crippen molar-refractivity contribution in [1.29, 1.82) is 0 Å². The number of hydrogen-bond acceptors (Lipinski definition) is 8. The van der Waals surface area contributed by atoms with Gasteiger partial charge in [-0.1, -0.05) is 279 Å². The Bertz CT molecular complexity index is 9300. The van der Waals surface area contributed by atoms with Gasteiger partial charge >= 0.3 is 0 Å². The van der Waals surface area contributed by atoms with Crippen LogP contribution in [-0.2, 0) is 0 Å². The molecule has 28 aromatic rings. The van der Waals surface area contributed by atoms with Crippen LogP contribution in [-0.4, -0.2) is 9.13 Å². The maximum atomic E-state index is 6.25. The molecule has 0 radical (unpaired) electrons. The first kappa shape index (κ1) is 74.0. The zero-order valence-corrected chi connectivity index (χ0v) is 72.1. The number of aromatic nitrogens is 2. The number of benzene rings is 20. The van der Waals surface area contributed by atoms with Crippen molar-refractivity contribution in [1.82, 2.24) is 9.13 Å². The third-order valence-corrected chi connectivity index (χ3v) is 30.1. The molecule has 0 unspecified atom stereocenters. The maximum absolute atomic E-state index is 6.25. The highest BCUT2D eigenvalue weighted by molar-refractivity contribution is 7.28. The summed E-state index contributed by atoms with van der Waals surface area (Å²) in [5.74, 6) is 1.71. The number of para-hydroxylation sites is 9. The molecule has 1 aliphatic heterocycles. The average Bonchev–Trinajstić information content (AvgIpc) is 1.58. The average molecular weight is 1720 g/mol. The Balaban J connectivity index is 0.000000102. The van der Waals surface area contributed by atoms with E-state index in [2.05, 4.69) is 396 Å². The lowest BCUT2D eigenvalue weighted by atomic mass is 10.0. The van der Waals surface area contributed by atoms with Crippen molar-refractivity contribution in [2.75, 3.05) is 4.90 Å². The van der Waals surface area contributed by atoms with Crippen molar-refractivity contribution in [2.24, 2.45) is 0 Å². The monoisotopic (exact) mass is 1710 g/mol. The van der Waals surface area contributed by atoms with Crippen LogP contribution in [0.1, 0.15) is 0 Å². The Labute approximate surface area is 756 Å². The summed E-state index contributed by atoms with van der Waals surface area (Å²) in [6, 6.07) is 154. The van der Waals surface area contributed by atoms with Gasteiger partial charge in [0.05, 0.1) is 33.4 Å². The van der Waals surface area contributed by atoms with E-state index in [1.54, 1.807) is 0 Å². The molecule has 0 saturated heterocycles. The van der Waals surface area contributed by atoms with Gasteiger partial charge in [0.15, 0.2) is 11.5 Å². The van der Waals surface area contributed by atoms with Crippen molar-refractivity contribution in [3.05, 3.63) is 431 Å². The van der Waals surface area contributed by atoms with E-state index in [0.717, 1.165) is 67.7 Å². The molecule has 20 aromatic carbocycles. The van der Waals surface area contributed by atoms with Crippen molar-refractivity contribution in [3.63, 3.8) is 0 Å². The van der Waals surface area contributed by atoms with Gasteiger partial charge < -0.3 is 32.0 Å². The zero-order chi connectivity index (χ0) is 85.2. The van der Waals surface area contributed by atoms with Crippen molar-refractivity contribution in [2.45, 2.75) is 0 Å². The molecule has 0 saturated carbocycles. The van der Waals surface area contributed by atoms with E-state index >= 15 is 0 Å². The molecule has 7 nitrogen and oxygen atoms in total. The first-order valence-corrected chi connectivity index (χ1v) is 46.3. The third-order valence-electron chi connectivity index (χ3n) is 26.3. The van der Waals surface area contributed by atoms with Gasteiger partial charge in [-0.3, -0.25) is 0 Å². The third kappa shape index (κ3) is 11.7. The van der Waals surface area contributed by atoms with Crippen LogP contribution in [0.4, 0.5) is 17.1 Å². The van der Waals surface area contributed by atoms with E-state index in [-0.39, 0.29) is 0 Å². The second-order valence-electron chi connectivity index (χ2n) is 33.5. The summed E-state index contributed by atoms with van der Waals surface area (Å²) in [7, 11) is 0. The molecule has 0 aliphatic carbocycles. The van der Waals surface area contributed by atoms with Crippen LogP contribution < -0.4 is 9.64 Å². The smallest absolute Gasteiger partial charge is 0.151 e. The minimum Gasteiger partial charge on any atom is -0.456 e. The van der Waals surface area contributed by atoms with Crippen LogP contribution in [0, 0.1) is 0 Å². The van der Waals surface area contributed by atoms with Gasteiger partial charge in [0, 0.05) is 131 Å². The van der Waals surface area contributed by atoms with Crippen molar-refractivity contribution < 1.29 is 18.0 Å². The molecular formula is C120H71N3O4S3. The van der Waals surface area contributed by atoms with E-state index in [4.69, 9.17) is 18.0 Å². The Morgan fingerprint density at radius 2 is 0.500 bits per heavy atom. The summed E-state index contributed by atoms with van der Waals surface area (Å²) >= 11 is 5.60. The van der Waals surface area contributed by atoms with Crippen LogP contribution in [0.2, 0.25) is 0 Å². The summed E-state index contributed by atoms with van der Waals surface area (Å²) in [5.41, 5.74) is 28.3. The Hall–Kier alpha value is -16.3. The predicted molar refractivity (Wildman–Crippen MR) is 550 cm³/mol. The number of furan rings is 3. The molecular weight excluding hydrogens is 1640 g/mol. The molecule has 29 rings (SSSR count).